The van der Waals surface area contributed by atoms with Crippen LogP contribution in [0.5, 0.6) is 0 Å². The third-order valence-electron chi connectivity index (χ3n) is 4.45. The van der Waals surface area contributed by atoms with E-state index in [1.54, 1.807) is 12.3 Å². The summed E-state index contributed by atoms with van der Waals surface area (Å²) < 4.78 is 30.0. The molecule has 3 rings (SSSR count). The smallest absolute Gasteiger partial charge is 0.242 e. The Kier molecular flexibility index (Phi) is 3.43. The molecule has 1 aromatic heterocycles. The predicted octanol–water partition coefficient (Wildman–Crippen LogP) is 1.89. The van der Waals surface area contributed by atoms with Gasteiger partial charge in [0, 0.05) is 30.0 Å². The van der Waals surface area contributed by atoms with E-state index < -0.39 is 10.0 Å². The SMILES string of the molecule is CC1(NS(=O)(=O)c2cc(CN)n(C3CC3)c2)CCCC1. The van der Waals surface area contributed by atoms with Crippen molar-refractivity contribution < 1.29 is 8.42 Å². The lowest BCUT2D eigenvalue weighted by molar-refractivity contribution is 0.427. The third-order valence-corrected chi connectivity index (χ3v) is 6.06. The molecular formula is C14H23N3O2S. The topological polar surface area (TPSA) is 77.1 Å². The van der Waals surface area contributed by atoms with Crippen LogP contribution in [0.4, 0.5) is 0 Å². The molecule has 0 aliphatic heterocycles. The standard InChI is InChI=1S/C14H23N3O2S/c1-14(6-2-3-7-14)16-20(18,19)13-8-12(9-15)17(10-13)11-4-5-11/h8,10-11,16H,2-7,9,15H2,1H3. The van der Waals surface area contributed by atoms with Crippen LogP contribution in [0.25, 0.3) is 0 Å². The molecule has 0 spiro atoms. The average Bonchev–Trinajstić information content (AvgIpc) is 2.98. The molecule has 0 aromatic carbocycles. The largest absolute Gasteiger partial charge is 0.346 e. The summed E-state index contributed by atoms with van der Waals surface area (Å²) in [6.45, 7) is 2.38. The summed E-state index contributed by atoms with van der Waals surface area (Å²) in [5.74, 6) is 0. The van der Waals surface area contributed by atoms with Crippen LogP contribution in [0.3, 0.4) is 0 Å². The van der Waals surface area contributed by atoms with Gasteiger partial charge in [0.05, 0.1) is 4.90 Å². The molecule has 2 fully saturated rings. The summed E-state index contributed by atoms with van der Waals surface area (Å²) in [5.41, 5.74) is 6.34. The first-order chi connectivity index (χ1) is 9.43. The quantitative estimate of drug-likeness (QED) is 0.871. The lowest BCUT2D eigenvalue weighted by Crippen LogP contribution is -2.43. The van der Waals surface area contributed by atoms with Crippen LogP contribution >= 0.6 is 0 Å². The highest BCUT2D eigenvalue weighted by molar-refractivity contribution is 7.89. The van der Waals surface area contributed by atoms with E-state index in [0.29, 0.717) is 17.5 Å². The van der Waals surface area contributed by atoms with Crippen LogP contribution in [0.1, 0.15) is 57.2 Å². The van der Waals surface area contributed by atoms with E-state index >= 15 is 0 Å². The van der Waals surface area contributed by atoms with E-state index in [0.717, 1.165) is 44.2 Å². The maximum Gasteiger partial charge on any atom is 0.242 e. The molecule has 20 heavy (non-hydrogen) atoms. The first kappa shape index (κ1) is 14.1. The second-order valence-electron chi connectivity index (χ2n) is 6.38. The summed E-state index contributed by atoms with van der Waals surface area (Å²) >= 11 is 0. The fourth-order valence-electron chi connectivity index (χ4n) is 3.14. The van der Waals surface area contributed by atoms with Crippen LogP contribution in [-0.4, -0.2) is 18.5 Å². The van der Waals surface area contributed by atoms with Gasteiger partial charge in [0.1, 0.15) is 0 Å². The van der Waals surface area contributed by atoms with Crippen LogP contribution in [0.2, 0.25) is 0 Å². The highest BCUT2D eigenvalue weighted by Crippen LogP contribution is 2.37. The lowest BCUT2D eigenvalue weighted by atomic mass is 10.0. The molecule has 3 N–H and O–H groups in total. The first-order valence-electron chi connectivity index (χ1n) is 7.38. The normalized spacial score (nSPS) is 22.3. The number of hydrogen-bond donors (Lipinski definition) is 2. The summed E-state index contributed by atoms with van der Waals surface area (Å²) in [4.78, 5) is 0.359. The van der Waals surface area contributed by atoms with Crippen LogP contribution < -0.4 is 10.5 Å². The molecule has 0 unspecified atom stereocenters. The molecule has 5 nitrogen and oxygen atoms in total. The molecule has 0 atom stereocenters. The highest BCUT2D eigenvalue weighted by Gasteiger charge is 2.35. The molecule has 2 aliphatic rings. The van der Waals surface area contributed by atoms with Crippen molar-refractivity contribution in [3.63, 3.8) is 0 Å². The van der Waals surface area contributed by atoms with E-state index in [4.69, 9.17) is 5.73 Å². The third kappa shape index (κ3) is 2.64. The molecule has 2 aliphatic carbocycles. The number of rotatable bonds is 5. The second-order valence-corrected chi connectivity index (χ2v) is 8.07. The zero-order chi connectivity index (χ0) is 14.4. The molecule has 0 radical (unpaired) electrons. The minimum absolute atomic E-state index is 0.288. The van der Waals surface area contributed by atoms with E-state index in [1.807, 2.05) is 11.5 Å². The van der Waals surface area contributed by atoms with E-state index in [1.165, 1.54) is 0 Å². The second kappa shape index (κ2) is 4.86. The van der Waals surface area contributed by atoms with E-state index in [2.05, 4.69) is 4.72 Å². The van der Waals surface area contributed by atoms with Crippen molar-refractivity contribution in [2.75, 3.05) is 0 Å². The minimum atomic E-state index is -3.45. The van der Waals surface area contributed by atoms with Gasteiger partial charge in [0.25, 0.3) is 0 Å². The number of nitrogens with zero attached hydrogens (tertiary/aromatic N) is 1. The number of nitrogens with two attached hydrogens (primary N) is 1. The van der Waals surface area contributed by atoms with Gasteiger partial charge in [0.15, 0.2) is 0 Å². The Labute approximate surface area is 120 Å². The molecule has 1 heterocycles. The maximum absolute atomic E-state index is 12.6. The summed E-state index contributed by atoms with van der Waals surface area (Å²) in [6, 6.07) is 2.17. The summed E-state index contributed by atoms with van der Waals surface area (Å²) in [5, 5.41) is 0. The van der Waals surface area contributed by atoms with Gasteiger partial charge in [-0.2, -0.15) is 0 Å². The summed E-state index contributed by atoms with van der Waals surface area (Å²) in [7, 11) is -3.45. The van der Waals surface area contributed by atoms with Crippen molar-refractivity contribution in [1.82, 2.24) is 9.29 Å². The fraction of sp³-hybridized carbons (Fsp3) is 0.714. The molecule has 6 heteroatoms. The molecule has 2 saturated carbocycles. The molecule has 0 bridgehead atoms. The number of sulfonamides is 1. The van der Waals surface area contributed by atoms with Crippen molar-refractivity contribution in [3.05, 3.63) is 18.0 Å². The molecule has 112 valence electrons. The minimum Gasteiger partial charge on any atom is -0.346 e. The van der Waals surface area contributed by atoms with Crippen molar-refractivity contribution in [2.45, 2.75) is 68.5 Å². The van der Waals surface area contributed by atoms with Gasteiger partial charge in [-0.1, -0.05) is 12.8 Å². The Morgan fingerprint density at radius 1 is 1.40 bits per heavy atom. The van der Waals surface area contributed by atoms with Crippen molar-refractivity contribution in [3.8, 4) is 0 Å². The van der Waals surface area contributed by atoms with E-state index in [9.17, 15) is 8.42 Å². The molecule has 0 amide bonds. The van der Waals surface area contributed by atoms with Gasteiger partial charge in [0.2, 0.25) is 10.0 Å². The van der Waals surface area contributed by atoms with Crippen LogP contribution in [0, 0.1) is 0 Å². The number of hydrogen-bond acceptors (Lipinski definition) is 3. The van der Waals surface area contributed by atoms with Gasteiger partial charge < -0.3 is 10.3 Å². The molecule has 1 aromatic rings. The zero-order valence-electron chi connectivity index (χ0n) is 11.9. The van der Waals surface area contributed by atoms with Gasteiger partial charge >= 0.3 is 0 Å². The first-order valence-corrected chi connectivity index (χ1v) is 8.87. The molecule has 0 saturated heterocycles. The Bertz CT molecular complexity index is 596. The Balaban J connectivity index is 1.87. The highest BCUT2D eigenvalue weighted by atomic mass is 32.2. The zero-order valence-corrected chi connectivity index (χ0v) is 12.7. The van der Waals surface area contributed by atoms with E-state index in [-0.39, 0.29) is 5.54 Å². The van der Waals surface area contributed by atoms with Gasteiger partial charge in [-0.3, -0.25) is 0 Å². The van der Waals surface area contributed by atoms with Gasteiger partial charge in [-0.25, -0.2) is 13.1 Å². The Morgan fingerprint density at radius 3 is 2.60 bits per heavy atom. The fourth-order valence-corrected chi connectivity index (χ4v) is 4.65. The average molecular weight is 297 g/mol. The lowest BCUT2D eigenvalue weighted by Gasteiger charge is -2.24. The number of nitrogens with one attached hydrogen (secondary N) is 1. The van der Waals surface area contributed by atoms with Gasteiger partial charge in [-0.05, 0) is 38.7 Å². The number of aromatic nitrogens is 1. The van der Waals surface area contributed by atoms with Gasteiger partial charge in [-0.15, -0.1) is 0 Å². The maximum atomic E-state index is 12.6. The van der Waals surface area contributed by atoms with Crippen molar-refractivity contribution in [1.29, 1.82) is 0 Å². The Hall–Kier alpha value is -0.850. The molecular weight excluding hydrogens is 274 g/mol. The Morgan fingerprint density at radius 2 is 2.05 bits per heavy atom. The van der Waals surface area contributed by atoms with Crippen LogP contribution in [-0.2, 0) is 16.6 Å². The predicted molar refractivity (Wildman–Crippen MR) is 77.8 cm³/mol. The van der Waals surface area contributed by atoms with Crippen LogP contribution in [0.15, 0.2) is 17.2 Å². The van der Waals surface area contributed by atoms with Crippen molar-refractivity contribution >= 4 is 10.0 Å². The van der Waals surface area contributed by atoms with Crippen molar-refractivity contribution in [2.24, 2.45) is 5.73 Å². The monoisotopic (exact) mass is 297 g/mol. The summed E-state index contributed by atoms with van der Waals surface area (Å²) in [6.07, 6.45) is 8.00.